The van der Waals surface area contributed by atoms with Gasteiger partial charge in [0.05, 0.1) is 26.4 Å². The first-order chi connectivity index (χ1) is 15.0. The number of nitrogens with two attached hydrogens (primary N) is 2. The van der Waals surface area contributed by atoms with E-state index in [0.717, 1.165) is 12.8 Å². The lowest BCUT2D eigenvalue weighted by atomic mass is 10.3. The van der Waals surface area contributed by atoms with Gasteiger partial charge in [-0.2, -0.15) is 0 Å². The number of hydrogen-bond donors (Lipinski definition) is 4. The molecule has 0 bridgehead atoms. The van der Waals surface area contributed by atoms with Crippen LogP contribution in [0.4, 0.5) is 11.6 Å². The number of nitrogens with zero attached hydrogens (tertiary/aromatic N) is 2. The minimum Gasteiger partial charge on any atom is -0.382 e. The average Bonchev–Trinajstić information content (AvgIpc) is 2.74. The molecule has 0 saturated carbocycles. The van der Waals surface area contributed by atoms with E-state index < -0.39 is 11.8 Å². The molecule has 31 heavy (non-hydrogen) atoms. The predicted molar refractivity (Wildman–Crippen MR) is 115 cm³/mol. The van der Waals surface area contributed by atoms with E-state index in [9.17, 15) is 9.59 Å². The molecule has 2 amide bonds. The topological polar surface area (TPSA) is 173 Å². The number of amides is 2. The van der Waals surface area contributed by atoms with E-state index in [2.05, 4.69) is 20.6 Å². The molecule has 1 rings (SSSR count). The van der Waals surface area contributed by atoms with Crippen LogP contribution >= 0.6 is 0 Å². The summed E-state index contributed by atoms with van der Waals surface area (Å²) in [5.41, 5.74) is 10.7. The van der Waals surface area contributed by atoms with Gasteiger partial charge in [0, 0.05) is 40.5 Å². The number of primary amides is 2. The molecule has 0 atom stereocenters. The van der Waals surface area contributed by atoms with Gasteiger partial charge in [-0.1, -0.05) is 0 Å². The van der Waals surface area contributed by atoms with Gasteiger partial charge in [-0.3, -0.25) is 9.59 Å². The highest BCUT2D eigenvalue weighted by atomic mass is 16.5. The molecule has 0 aliphatic rings. The largest absolute Gasteiger partial charge is 0.382 e. The molecule has 0 fully saturated rings. The van der Waals surface area contributed by atoms with Crippen LogP contribution in [0.5, 0.6) is 0 Å². The van der Waals surface area contributed by atoms with Crippen LogP contribution in [0, 0.1) is 0 Å². The fourth-order valence-corrected chi connectivity index (χ4v) is 2.43. The van der Waals surface area contributed by atoms with Gasteiger partial charge in [-0.15, -0.1) is 0 Å². The van der Waals surface area contributed by atoms with Gasteiger partial charge in [-0.05, 0) is 19.3 Å². The Labute approximate surface area is 182 Å². The van der Waals surface area contributed by atoms with Crippen LogP contribution in [0.15, 0.2) is 0 Å². The maximum absolute atomic E-state index is 11.8. The van der Waals surface area contributed by atoms with Crippen LogP contribution in [-0.2, 0) is 18.9 Å². The molecule has 1 aromatic heterocycles. The second-order valence-electron chi connectivity index (χ2n) is 6.47. The predicted octanol–water partition coefficient (Wildman–Crippen LogP) is -0.00550. The first-order valence-electron chi connectivity index (χ1n) is 10.1. The van der Waals surface area contributed by atoms with E-state index in [4.69, 9.17) is 30.4 Å². The second kappa shape index (κ2) is 16.2. The zero-order valence-corrected chi connectivity index (χ0v) is 18.3. The van der Waals surface area contributed by atoms with Crippen LogP contribution in [0.3, 0.4) is 0 Å². The van der Waals surface area contributed by atoms with E-state index in [1.165, 1.54) is 0 Å². The minimum atomic E-state index is -0.767. The van der Waals surface area contributed by atoms with Crippen molar-refractivity contribution < 1.29 is 28.5 Å². The number of anilines is 2. The van der Waals surface area contributed by atoms with E-state index in [1.807, 2.05) is 0 Å². The highest BCUT2D eigenvalue weighted by Gasteiger charge is 2.20. The maximum atomic E-state index is 11.8. The average molecular weight is 443 g/mol. The number of carbonyl (C=O) groups is 2. The molecule has 0 radical (unpaired) electrons. The summed E-state index contributed by atoms with van der Waals surface area (Å²) in [7, 11) is 3.22. The third-order valence-electron chi connectivity index (χ3n) is 3.99. The maximum Gasteiger partial charge on any atom is 0.271 e. The Morgan fingerprint density at radius 2 is 1.16 bits per heavy atom. The lowest BCUT2D eigenvalue weighted by Crippen LogP contribution is -2.24. The summed E-state index contributed by atoms with van der Waals surface area (Å²) in [6, 6.07) is 0. The lowest BCUT2D eigenvalue weighted by Gasteiger charge is -2.14. The number of rotatable bonds is 19. The van der Waals surface area contributed by atoms with Crippen molar-refractivity contribution >= 4 is 23.5 Å². The minimum absolute atomic E-state index is 0.0693. The number of aromatic nitrogens is 2. The van der Waals surface area contributed by atoms with Gasteiger partial charge in [0.2, 0.25) is 0 Å². The van der Waals surface area contributed by atoms with E-state index in [-0.39, 0.29) is 23.0 Å². The first-order valence-corrected chi connectivity index (χ1v) is 10.1. The van der Waals surface area contributed by atoms with Crippen LogP contribution in [-0.4, -0.2) is 88.7 Å². The zero-order chi connectivity index (χ0) is 22.9. The van der Waals surface area contributed by atoms with Crippen LogP contribution in [0.1, 0.15) is 40.2 Å². The van der Waals surface area contributed by atoms with Crippen molar-refractivity contribution in [3.8, 4) is 0 Å². The standard InChI is InChI=1S/C19H34N6O6/c1-28-10-12-30-8-4-3-6-22-18-14(16(20)26)25-19(15(24-18)17(21)27)23-7-5-9-31-13-11-29-2/h3-13H2,1-2H3,(H2,20,26)(H2,21,27)(H,22,24)(H,23,25). The van der Waals surface area contributed by atoms with Gasteiger partial charge in [0.25, 0.3) is 11.8 Å². The van der Waals surface area contributed by atoms with Crippen molar-refractivity contribution in [2.45, 2.75) is 19.3 Å². The molecule has 0 unspecified atom stereocenters. The summed E-state index contributed by atoms with van der Waals surface area (Å²) in [6.07, 6.45) is 2.19. The fourth-order valence-electron chi connectivity index (χ4n) is 2.43. The normalized spacial score (nSPS) is 10.8. The van der Waals surface area contributed by atoms with Crippen molar-refractivity contribution in [1.82, 2.24) is 9.97 Å². The van der Waals surface area contributed by atoms with Gasteiger partial charge in [0.15, 0.2) is 23.0 Å². The van der Waals surface area contributed by atoms with E-state index in [1.54, 1.807) is 14.2 Å². The molecule has 0 spiro atoms. The van der Waals surface area contributed by atoms with Crippen LogP contribution < -0.4 is 22.1 Å². The van der Waals surface area contributed by atoms with E-state index >= 15 is 0 Å². The van der Waals surface area contributed by atoms with E-state index in [0.29, 0.717) is 59.2 Å². The Kier molecular flexibility index (Phi) is 13.8. The lowest BCUT2D eigenvalue weighted by molar-refractivity contribution is 0.0691. The molecule has 1 heterocycles. The number of ether oxygens (including phenoxy) is 4. The van der Waals surface area contributed by atoms with Crippen LogP contribution in [0.25, 0.3) is 0 Å². The molecule has 12 nitrogen and oxygen atoms in total. The fraction of sp³-hybridized carbons (Fsp3) is 0.684. The summed E-state index contributed by atoms with van der Waals surface area (Å²) in [5.74, 6) is -1.30. The molecule has 0 saturated heterocycles. The molecular formula is C19H34N6O6. The summed E-state index contributed by atoms with van der Waals surface area (Å²) in [4.78, 5) is 32.0. The van der Waals surface area contributed by atoms with Crippen molar-refractivity contribution in [1.29, 1.82) is 0 Å². The number of carbonyl (C=O) groups excluding carboxylic acids is 2. The molecule has 1 aromatic rings. The number of methoxy groups -OCH3 is 2. The van der Waals surface area contributed by atoms with Gasteiger partial charge >= 0.3 is 0 Å². The number of hydrogen-bond acceptors (Lipinski definition) is 10. The van der Waals surface area contributed by atoms with Gasteiger partial charge < -0.3 is 41.0 Å². The van der Waals surface area contributed by atoms with Crippen molar-refractivity contribution in [2.75, 3.05) is 77.6 Å². The molecular weight excluding hydrogens is 408 g/mol. The second-order valence-corrected chi connectivity index (χ2v) is 6.47. The van der Waals surface area contributed by atoms with Crippen molar-refractivity contribution in [3.63, 3.8) is 0 Å². The van der Waals surface area contributed by atoms with Crippen molar-refractivity contribution in [3.05, 3.63) is 11.4 Å². The highest BCUT2D eigenvalue weighted by molar-refractivity contribution is 6.00. The molecule has 12 heteroatoms. The molecule has 0 aromatic carbocycles. The SMILES string of the molecule is COCCOCCCCNc1nc(C(N)=O)c(NCCCOCCOC)nc1C(N)=O. The Bertz CT molecular complexity index is 676. The smallest absolute Gasteiger partial charge is 0.271 e. The highest BCUT2D eigenvalue weighted by Crippen LogP contribution is 2.18. The Hall–Kier alpha value is -2.54. The summed E-state index contributed by atoms with van der Waals surface area (Å²) >= 11 is 0. The summed E-state index contributed by atoms with van der Waals surface area (Å²) < 4.78 is 20.6. The summed E-state index contributed by atoms with van der Waals surface area (Å²) in [6.45, 7) is 4.11. The number of nitrogens with one attached hydrogen (secondary N) is 2. The molecule has 6 N–H and O–H groups in total. The summed E-state index contributed by atoms with van der Waals surface area (Å²) in [5, 5.41) is 5.95. The Morgan fingerprint density at radius 3 is 1.61 bits per heavy atom. The third-order valence-corrected chi connectivity index (χ3v) is 3.99. The Morgan fingerprint density at radius 1 is 0.710 bits per heavy atom. The van der Waals surface area contributed by atoms with Gasteiger partial charge in [0.1, 0.15) is 0 Å². The first kappa shape index (κ1) is 26.5. The molecule has 0 aliphatic carbocycles. The Balaban J connectivity index is 2.64. The molecule has 176 valence electrons. The quantitative estimate of drug-likeness (QED) is 0.213. The van der Waals surface area contributed by atoms with Gasteiger partial charge in [-0.25, -0.2) is 9.97 Å². The van der Waals surface area contributed by atoms with Crippen LogP contribution in [0.2, 0.25) is 0 Å². The zero-order valence-electron chi connectivity index (χ0n) is 18.3. The monoisotopic (exact) mass is 442 g/mol. The third kappa shape index (κ3) is 10.9. The number of unbranched alkanes of at least 4 members (excludes halogenated alkanes) is 1. The van der Waals surface area contributed by atoms with Crippen molar-refractivity contribution in [2.24, 2.45) is 11.5 Å². The molecule has 0 aliphatic heterocycles.